The number of benzene rings is 2. The summed E-state index contributed by atoms with van der Waals surface area (Å²) in [5.74, 6) is -1.64. The molecule has 0 bridgehead atoms. The van der Waals surface area contributed by atoms with Crippen molar-refractivity contribution in [2.75, 3.05) is 0 Å². The Kier molecular flexibility index (Phi) is 4.30. The van der Waals surface area contributed by atoms with E-state index in [9.17, 15) is 8.78 Å². The van der Waals surface area contributed by atoms with E-state index in [-0.39, 0.29) is 11.4 Å². The molecule has 0 N–H and O–H groups in total. The minimum absolute atomic E-state index is 0.192. The first-order valence-corrected chi connectivity index (χ1v) is 7.43. The summed E-state index contributed by atoms with van der Waals surface area (Å²) >= 11 is 0. The van der Waals surface area contributed by atoms with Gasteiger partial charge in [0.05, 0.1) is 0 Å². The SMILES string of the molecule is CCc1ccc(-c2cnc(-c3cc(F)c(C#N)c(F)c3)nc2)cc1. The standard InChI is InChI=1S/C19H13F2N3/c1-2-12-3-5-13(6-4-12)15-10-23-19(24-11-15)14-7-17(20)16(9-22)18(21)8-14/h3-8,10-11H,2H2,1H3. The first-order valence-electron chi connectivity index (χ1n) is 7.43. The second-order valence-corrected chi connectivity index (χ2v) is 5.27. The first-order chi connectivity index (χ1) is 11.6. The predicted molar refractivity (Wildman–Crippen MR) is 86.9 cm³/mol. The summed E-state index contributed by atoms with van der Waals surface area (Å²) in [5, 5.41) is 8.70. The van der Waals surface area contributed by atoms with Crippen molar-refractivity contribution in [2.45, 2.75) is 13.3 Å². The Labute approximate surface area is 138 Å². The molecule has 0 atom stereocenters. The molecule has 0 amide bonds. The van der Waals surface area contributed by atoms with Crippen molar-refractivity contribution in [1.29, 1.82) is 5.26 Å². The van der Waals surface area contributed by atoms with Crippen molar-refractivity contribution in [2.24, 2.45) is 0 Å². The fourth-order valence-electron chi connectivity index (χ4n) is 2.37. The monoisotopic (exact) mass is 321 g/mol. The Bertz CT molecular complexity index is 888. The van der Waals surface area contributed by atoms with Gasteiger partial charge in [0.15, 0.2) is 5.82 Å². The second-order valence-electron chi connectivity index (χ2n) is 5.27. The predicted octanol–water partition coefficient (Wildman–Crippen LogP) is 4.52. The molecule has 2 aromatic carbocycles. The van der Waals surface area contributed by atoms with E-state index < -0.39 is 17.2 Å². The van der Waals surface area contributed by atoms with E-state index in [1.807, 2.05) is 24.3 Å². The topological polar surface area (TPSA) is 49.6 Å². The summed E-state index contributed by atoms with van der Waals surface area (Å²) in [6.07, 6.45) is 4.18. The molecule has 0 aliphatic heterocycles. The van der Waals surface area contributed by atoms with Crippen LogP contribution in [0.1, 0.15) is 18.1 Å². The van der Waals surface area contributed by atoms with Gasteiger partial charge in [0.25, 0.3) is 0 Å². The van der Waals surface area contributed by atoms with Crippen molar-refractivity contribution in [3.8, 4) is 28.6 Å². The first kappa shape index (κ1) is 15.8. The van der Waals surface area contributed by atoms with Crippen LogP contribution in [0.25, 0.3) is 22.5 Å². The third-order valence-electron chi connectivity index (χ3n) is 3.76. The van der Waals surface area contributed by atoms with Gasteiger partial charge in [-0.05, 0) is 29.7 Å². The molecule has 0 saturated carbocycles. The van der Waals surface area contributed by atoms with Crippen LogP contribution in [-0.2, 0) is 6.42 Å². The Morgan fingerprint density at radius 3 is 2.00 bits per heavy atom. The zero-order chi connectivity index (χ0) is 17.1. The molecular weight excluding hydrogens is 308 g/mol. The van der Waals surface area contributed by atoms with Crippen molar-refractivity contribution in [3.05, 3.63) is 71.6 Å². The summed E-state index contributed by atoms with van der Waals surface area (Å²) in [5.41, 5.74) is 2.61. The fourth-order valence-corrected chi connectivity index (χ4v) is 2.37. The minimum atomic E-state index is -0.921. The second kappa shape index (κ2) is 6.55. The van der Waals surface area contributed by atoms with Crippen LogP contribution in [0.4, 0.5) is 8.78 Å². The molecule has 0 unspecified atom stereocenters. The zero-order valence-electron chi connectivity index (χ0n) is 12.9. The Morgan fingerprint density at radius 2 is 1.50 bits per heavy atom. The maximum absolute atomic E-state index is 13.7. The number of halogens is 2. The molecule has 3 rings (SSSR count). The van der Waals surface area contributed by atoms with Crippen molar-refractivity contribution >= 4 is 0 Å². The van der Waals surface area contributed by atoms with E-state index in [2.05, 4.69) is 16.9 Å². The third-order valence-corrected chi connectivity index (χ3v) is 3.76. The Balaban J connectivity index is 1.93. The van der Waals surface area contributed by atoms with Crippen LogP contribution in [0.3, 0.4) is 0 Å². The van der Waals surface area contributed by atoms with Gasteiger partial charge in [-0.25, -0.2) is 18.7 Å². The van der Waals surface area contributed by atoms with Gasteiger partial charge >= 0.3 is 0 Å². The van der Waals surface area contributed by atoms with Gasteiger partial charge in [-0.1, -0.05) is 31.2 Å². The number of aryl methyl sites for hydroxylation is 1. The lowest BCUT2D eigenvalue weighted by molar-refractivity contribution is 0.577. The molecule has 24 heavy (non-hydrogen) atoms. The van der Waals surface area contributed by atoms with Crippen molar-refractivity contribution < 1.29 is 8.78 Å². The third kappa shape index (κ3) is 2.99. The largest absolute Gasteiger partial charge is 0.236 e. The molecule has 0 spiro atoms. The number of hydrogen-bond donors (Lipinski definition) is 0. The molecule has 0 fully saturated rings. The maximum Gasteiger partial charge on any atom is 0.159 e. The molecule has 0 aliphatic rings. The van der Waals surface area contributed by atoms with Gasteiger partial charge < -0.3 is 0 Å². The van der Waals surface area contributed by atoms with Crippen LogP contribution < -0.4 is 0 Å². The summed E-state index contributed by atoms with van der Waals surface area (Å²) < 4.78 is 27.4. The average Bonchev–Trinajstić information content (AvgIpc) is 2.62. The lowest BCUT2D eigenvalue weighted by Crippen LogP contribution is -1.95. The Morgan fingerprint density at radius 1 is 0.917 bits per heavy atom. The van der Waals surface area contributed by atoms with Gasteiger partial charge in [0.2, 0.25) is 0 Å². The van der Waals surface area contributed by atoms with Gasteiger partial charge in [0, 0.05) is 23.5 Å². The molecule has 1 aromatic heterocycles. The van der Waals surface area contributed by atoms with Crippen molar-refractivity contribution in [1.82, 2.24) is 9.97 Å². The summed E-state index contributed by atoms with van der Waals surface area (Å²) in [6.45, 7) is 2.09. The van der Waals surface area contributed by atoms with E-state index in [1.54, 1.807) is 12.4 Å². The van der Waals surface area contributed by atoms with E-state index in [4.69, 9.17) is 5.26 Å². The van der Waals surface area contributed by atoms with Crippen LogP contribution in [0, 0.1) is 23.0 Å². The highest BCUT2D eigenvalue weighted by Crippen LogP contribution is 2.23. The van der Waals surface area contributed by atoms with Crippen LogP contribution in [-0.4, -0.2) is 9.97 Å². The fraction of sp³-hybridized carbons (Fsp3) is 0.105. The summed E-state index contributed by atoms with van der Waals surface area (Å²) in [6, 6.07) is 11.7. The van der Waals surface area contributed by atoms with Crippen LogP contribution in [0.15, 0.2) is 48.8 Å². The smallest absolute Gasteiger partial charge is 0.159 e. The highest BCUT2D eigenvalue weighted by Gasteiger charge is 2.13. The van der Waals surface area contributed by atoms with E-state index >= 15 is 0 Å². The summed E-state index contributed by atoms with van der Waals surface area (Å²) in [7, 11) is 0. The molecular formula is C19H13F2N3. The number of rotatable bonds is 3. The highest BCUT2D eigenvalue weighted by atomic mass is 19.1. The number of hydrogen-bond acceptors (Lipinski definition) is 3. The molecule has 3 aromatic rings. The normalized spacial score (nSPS) is 10.4. The number of aromatic nitrogens is 2. The quantitative estimate of drug-likeness (QED) is 0.712. The lowest BCUT2D eigenvalue weighted by atomic mass is 10.1. The van der Waals surface area contributed by atoms with Crippen LogP contribution in [0.5, 0.6) is 0 Å². The number of nitrogens with zero attached hydrogens (tertiary/aromatic N) is 3. The van der Waals surface area contributed by atoms with Gasteiger partial charge in [-0.15, -0.1) is 0 Å². The molecule has 1 heterocycles. The molecule has 118 valence electrons. The average molecular weight is 321 g/mol. The van der Waals surface area contributed by atoms with Gasteiger partial charge in [-0.3, -0.25) is 0 Å². The van der Waals surface area contributed by atoms with E-state index in [0.717, 1.165) is 29.7 Å². The highest BCUT2D eigenvalue weighted by molar-refractivity contribution is 5.64. The minimum Gasteiger partial charge on any atom is -0.236 e. The van der Waals surface area contributed by atoms with E-state index in [0.29, 0.717) is 0 Å². The van der Waals surface area contributed by atoms with Gasteiger partial charge in [-0.2, -0.15) is 5.26 Å². The molecule has 0 aliphatic carbocycles. The van der Waals surface area contributed by atoms with Crippen LogP contribution in [0.2, 0.25) is 0 Å². The van der Waals surface area contributed by atoms with Crippen molar-refractivity contribution in [3.63, 3.8) is 0 Å². The Hall–Kier alpha value is -3.13. The maximum atomic E-state index is 13.7. The van der Waals surface area contributed by atoms with Gasteiger partial charge in [0.1, 0.15) is 23.3 Å². The molecule has 3 nitrogen and oxygen atoms in total. The molecule has 0 radical (unpaired) electrons. The molecule has 0 saturated heterocycles. The number of nitriles is 1. The lowest BCUT2D eigenvalue weighted by Gasteiger charge is -2.05. The van der Waals surface area contributed by atoms with E-state index in [1.165, 1.54) is 11.6 Å². The van der Waals surface area contributed by atoms with Crippen LogP contribution >= 0.6 is 0 Å². The molecule has 5 heteroatoms. The zero-order valence-corrected chi connectivity index (χ0v) is 12.9. The summed E-state index contributed by atoms with van der Waals surface area (Å²) in [4.78, 5) is 8.36.